The van der Waals surface area contributed by atoms with Crippen LogP contribution >= 0.6 is 11.3 Å². The van der Waals surface area contributed by atoms with E-state index in [2.05, 4.69) is 10.1 Å². The molecule has 3 heterocycles. The summed E-state index contributed by atoms with van der Waals surface area (Å²) >= 11 is 1.58. The van der Waals surface area contributed by atoms with E-state index in [9.17, 15) is 4.79 Å². The van der Waals surface area contributed by atoms with E-state index in [1.807, 2.05) is 48.0 Å². The van der Waals surface area contributed by atoms with E-state index in [0.29, 0.717) is 24.7 Å². The minimum Gasteiger partial charge on any atom is -0.334 e. The van der Waals surface area contributed by atoms with Crippen LogP contribution < -0.4 is 4.90 Å². The third kappa shape index (κ3) is 2.66. The molecule has 0 spiro atoms. The highest BCUT2D eigenvalue weighted by Crippen LogP contribution is 2.31. The number of aromatic nitrogens is 2. The number of anilines is 1. The molecular formula is C17H15N3O2S. The highest BCUT2D eigenvalue weighted by Gasteiger charge is 2.34. The van der Waals surface area contributed by atoms with E-state index in [1.165, 1.54) is 5.56 Å². The number of benzene rings is 1. The molecule has 0 N–H and O–H groups in total. The van der Waals surface area contributed by atoms with Crippen LogP contribution in [-0.2, 0) is 4.79 Å². The Morgan fingerprint density at radius 3 is 2.83 bits per heavy atom. The molecule has 1 fully saturated rings. The van der Waals surface area contributed by atoms with Gasteiger partial charge >= 0.3 is 0 Å². The molecule has 1 atom stereocenters. The Labute approximate surface area is 137 Å². The van der Waals surface area contributed by atoms with Crippen LogP contribution in [0.2, 0.25) is 0 Å². The molecule has 116 valence electrons. The molecule has 1 aliphatic heterocycles. The molecular weight excluding hydrogens is 310 g/mol. The van der Waals surface area contributed by atoms with Gasteiger partial charge in [-0.25, -0.2) is 0 Å². The maximum Gasteiger partial charge on any atom is 0.258 e. The van der Waals surface area contributed by atoms with Crippen LogP contribution in [0, 0.1) is 6.92 Å². The van der Waals surface area contributed by atoms with Crippen molar-refractivity contribution in [2.45, 2.75) is 19.3 Å². The minimum atomic E-state index is -0.0278. The van der Waals surface area contributed by atoms with Crippen molar-refractivity contribution in [3.8, 4) is 11.5 Å². The molecule has 4 rings (SSSR count). The number of aryl methyl sites for hydroxylation is 1. The van der Waals surface area contributed by atoms with Crippen molar-refractivity contribution in [2.75, 3.05) is 11.4 Å². The zero-order chi connectivity index (χ0) is 15.8. The maximum atomic E-state index is 12.3. The standard InChI is InChI=1S/C17H15N3O2S/c1-11-2-4-14(5-3-11)20-9-13(8-15(20)21)16-18-17(22-19-16)12-6-7-23-10-12/h2-7,10,13H,8-9H2,1H3/t13-/m1/s1. The summed E-state index contributed by atoms with van der Waals surface area (Å²) in [6.45, 7) is 2.62. The summed E-state index contributed by atoms with van der Waals surface area (Å²) in [6.07, 6.45) is 0.413. The van der Waals surface area contributed by atoms with Crippen molar-refractivity contribution in [1.29, 1.82) is 0 Å². The average molecular weight is 325 g/mol. The number of carbonyl (C=O) groups is 1. The molecule has 0 bridgehead atoms. The van der Waals surface area contributed by atoms with E-state index in [4.69, 9.17) is 4.52 Å². The molecule has 1 amide bonds. The number of hydrogen-bond acceptors (Lipinski definition) is 5. The first-order valence-corrected chi connectivity index (χ1v) is 8.38. The first kappa shape index (κ1) is 14.1. The molecule has 0 saturated carbocycles. The summed E-state index contributed by atoms with van der Waals surface area (Å²) in [4.78, 5) is 18.6. The summed E-state index contributed by atoms with van der Waals surface area (Å²) in [6, 6.07) is 9.92. The highest BCUT2D eigenvalue weighted by molar-refractivity contribution is 7.08. The predicted octanol–water partition coefficient (Wildman–Crippen LogP) is 3.63. The zero-order valence-electron chi connectivity index (χ0n) is 12.6. The van der Waals surface area contributed by atoms with Crippen molar-refractivity contribution in [3.63, 3.8) is 0 Å². The van der Waals surface area contributed by atoms with Crippen LogP contribution in [0.25, 0.3) is 11.5 Å². The van der Waals surface area contributed by atoms with Gasteiger partial charge in [-0.05, 0) is 30.5 Å². The quantitative estimate of drug-likeness (QED) is 0.738. The Bertz CT molecular complexity index is 824. The van der Waals surface area contributed by atoms with Gasteiger partial charge in [-0.1, -0.05) is 22.9 Å². The summed E-state index contributed by atoms with van der Waals surface area (Å²) in [5.41, 5.74) is 3.02. The van der Waals surface area contributed by atoms with Crippen molar-refractivity contribution in [2.24, 2.45) is 0 Å². The third-order valence-corrected chi connectivity index (χ3v) is 4.73. The Balaban J connectivity index is 1.55. The van der Waals surface area contributed by atoms with E-state index in [1.54, 1.807) is 16.2 Å². The molecule has 0 aliphatic carbocycles. The lowest BCUT2D eigenvalue weighted by Gasteiger charge is -2.16. The zero-order valence-corrected chi connectivity index (χ0v) is 13.4. The first-order chi connectivity index (χ1) is 11.2. The van der Waals surface area contributed by atoms with Gasteiger partial charge in [0, 0.05) is 30.0 Å². The normalized spacial score (nSPS) is 17.9. The lowest BCUT2D eigenvalue weighted by Crippen LogP contribution is -2.24. The van der Waals surface area contributed by atoms with E-state index >= 15 is 0 Å². The van der Waals surface area contributed by atoms with Crippen molar-refractivity contribution >= 4 is 22.9 Å². The molecule has 1 aliphatic rings. The van der Waals surface area contributed by atoms with Crippen molar-refractivity contribution < 1.29 is 9.32 Å². The Kier molecular flexibility index (Phi) is 3.46. The Morgan fingerprint density at radius 2 is 2.09 bits per heavy atom. The summed E-state index contributed by atoms with van der Waals surface area (Å²) in [5, 5.41) is 8.01. The van der Waals surface area contributed by atoms with Crippen LogP contribution in [0.4, 0.5) is 5.69 Å². The van der Waals surface area contributed by atoms with Gasteiger partial charge in [-0.15, -0.1) is 0 Å². The van der Waals surface area contributed by atoms with Gasteiger partial charge in [0.05, 0.1) is 5.56 Å². The van der Waals surface area contributed by atoms with Gasteiger partial charge in [0.25, 0.3) is 5.89 Å². The van der Waals surface area contributed by atoms with Gasteiger partial charge in [-0.2, -0.15) is 16.3 Å². The molecule has 1 aromatic carbocycles. The number of carbonyl (C=O) groups excluding carboxylic acids is 1. The molecule has 5 nitrogen and oxygen atoms in total. The molecule has 2 aromatic heterocycles. The fraction of sp³-hybridized carbons (Fsp3) is 0.235. The Hall–Kier alpha value is -2.47. The van der Waals surface area contributed by atoms with E-state index < -0.39 is 0 Å². The fourth-order valence-electron chi connectivity index (χ4n) is 2.76. The predicted molar refractivity (Wildman–Crippen MR) is 88.5 cm³/mol. The third-order valence-electron chi connectivity index (χ3n) is 4.05. The number of hydrogen-bond donors (Lipinski definition) is 0. The molecule has 23 heavy (non-hydrogen) atoms. The topological polar surface area (TPSA) is 59.2 Å². The van der Waals surface area contributed by atoms with E-state index in [0.717, 1.165) is 11.3 Å². The van der Waals surface area contributed by atoms with Crippen LogP contribution in [0.15, 0.2) is 45.6 Å². The number of thiophene rings is 1. The van der Waals surface area contributed by atoms with E-state index in [-0.39, 0.29) is 11.8 Å². The average Bonchev–Trinajstić information content (AvgIpc) is 3.27. The molecule has 0 radical (unpaired) electrons. The fourth-order valence-corrected chi connectivity index (χ4v) is 3.39. The van der Waals surface area contributed by atoms with Crippen LogP contribution in [-0.4, -0.2) is 22.6 Å². The van der Waals surface area contributed by atoms with Gasteiger partial charge in [0.2, 0.25) is 5.91 Å². The monoisotopic (exact) mass is 325 g/mol. The lowest BCUT2D eigenvalue weighted by atomic mass is 10.1. The maximum absolute atomic E-state index is 12.3. The van der Waals surface area contributed by atoms with Gasteiger partial charge < -0.3 is 9.42 Å². The Morgan fingerprint density at radius 1 is 1.26 bits per heavy atom. The molecule has 6 heteroatoms. The number of rotatable bonds is 3. The van der Waals surface area contributed by atoms with Crippen molar-refractivity contribution in [1.82, 2.24) is 10.1 Å². The largest absolute Gasteiger partial charge is 0.334 e. The van der Waals surface area contributed by atoms with Gasteiger partial charge in [0.15, 0.2) is 5.82 Å². The van der Waals surface area contributed by atoms with Crippen molar-refractivity contribution in [3.05, 3.63) is 52.5 Å². The second-order valence-electron chi connectivity index (χ2n) is 5.71. The van der Waals surface area contributed by atoms with Crippen LogP contribution in [0.1, 0.15) is 23.7 Å². The SMILES string of the molecule is Cc1ccc(N2C[C@H](c3noc(-c4ccsc4)n3)CC2=O)cc1. The second kappa shape index (κ2) is 5.62. The summed E-state index contributed by atoms with van der Waals surface area (Å²) in [5.74, 6) is 1.19. The molecule has 0 unspecified atom stereocenters. The number of amides is 1. The molecule has 1 saturated heterocycles. The smallest absolute Gasteiger partial charge is 0.258 e. The molecule has 3 aromatic rings. The highest BCUT2D eigenvalue weighted by atomic mass is 32.1. The number of nitrogens with zero attached hydrogens (tertiary/aromatic N) is 3. The van der Waals surface area contributed by atoms with Gasteiger partial charge in [0.1, 0.15) is 0 Å². The van der Waals surface area contributed by atoms with Crippen LogP contribution in [0.5, 0.6) is 0 Å². The minimum absolute atomic E-state index is 0.0278. The lowest BCUT2D eigenvalue weighted by molar-refractivity contribution is -0.117. The summed E-state index contributed by atoms with van der Waals surface area (Å²) < 4.78 is 5.33. The van der Waals surface area contributed by atoms with Gasteiger partial charge in [-0.3, -0.25) is 4.79 Å². The second-order valence-corrected chi connectivity index (χ2v) is 6.49. The summed E-state index contributed by atoms with van der Waals surface area (Å²) in [7, 11) is 0. The van der Waals surface area contributed by atoms with Crippen LogP contribution in [0.3, 0.4) is 0 Å². The first-order valence-electron chi connectivity index (χ1n) is 7.44.